The first-order chi connectivity index (χ1) is 18.0. The van der Waals surface area contributed by atoms with Gasteiger partial charge in [-0.05, 0) is 72.9 Å². The van der Waals surface area contributed by atoms with Crippen LogP contribution in [0.3, 0.4) is 0 Å². The third kappa shape index (κ3) is 5.71. The molecule has 0 bridgehead atoms. The van der Waals surface area contributed by atoms with E-state index in [0.717, 1.165) is 30.3 Å². The molecule has 1 N–H and O–H groups in total. The van der Waals surface area contributed by atoms with Crippen molar-refractivity contribution in [2.75, 3.05) is 6.61 Å². The number of nitrogens with zero attached hydrogens (tertiary/aromatic N) is 1. The summed E-state index contributed by atoms with van der Waals surface area (Å²) in [6.07, 6.45) is 0.737. The molecule has 0 spiro atoms. The van der Waals surface area contributed by atoms with E-state index in [1.807, 2.05) is 0 Å². The molecule has 3 aromatic carbocycles. The van der Waals surface area contributed by atoms with E-state index in [1.165, 1.54) is 18.2 Å². The molecule has 13 heteroatoms. The van der Waals surface area contributed by atoms with Crippen molar-refractivity contribution in [3.8, 4) is 17.2 Å². The first-order valence-corrected chi connectivity index (χ1v) is 13.0. The van der Waals surface area contributed by atoms with E-state index in [0.29, 0.717) is 24.5 Å². The molecule has 1 aliphatic carbocycles. The number of hydrogen-bond acceptors (Lipinski definition) is 5. The Morgan fingerprint density at radius 3 is 2.47 bits per heavy atom. The SMILES string of the molecule is O=C(O)COc1cccc2c1CCC[C@H]2N(C(F)F)S(=O)(=O)c1ccc(Oc2ccc(F)cc2Cl)c(F)c1. The number of rotatable bonds is 9. The number of carbonyl (C=O) groups is 1. The number of hydrogen-bond donors (Lipinski definition) is 1. The minimum atomic E-state index is -4.93. The average molecular weight is 574 g/mol. The van der Waals surface area contributed by atoms with Crippen LogP contribution in [-0.2, 0) is 21.2 Å². The summed E-state index contributed by atoms with van der Waals surface area (Å²) >= 11 is 5.87. The second kappa shape index (κ2) is 11.2. The number of benzene rings is 3. The summed E-state index contributed by atoms with van der Waals surface area (Å²) in [4.78, 5) is 10.2. The van der Waals surface area contributed by atoms with Gasteiger partial charge in [-0.2, -0.15) is 8.78 Å². The van der Waals surface area contributed by atoms with Gasteiger partial charge in [0.25, 0.3) is 0 Å². The Bertz CT molecular complexity index is 1470. The van der Waals surface area contributed by atoms with Crippen molar-refractivity contribution < 1.29 is 45.4 Å². The van der Waals surface area contributed by atoms with Crippen LogP contribution >= 0.6 is 11.6 Å². The maximum Gasteiger partial charge on any atom is 0.341 e. The Hall–Kier alpha value is -3.35. The second-order valence-corrected chi connectivity index (χ2v) is 10.5. The zero-order valence-electron chi connectivity index (χ0n) is 19.4. The van der Waals surface area contributed by atoms with Gasteiger partial charge in [0.1, 0.15) is 17.3 Å². The number of alkyl halides is 2. The van der Waals surface area contributed by atoms with Crippen molar-refractivity contribution in [3.05, 3.63) is 82.4 Å². The van der Waals surface area contributed by atoms with Crippen LogP contribution in [0.2, 0.25) is 5.02 Å². The lowest BCUT2D eigenvalue weighted by Crippen LogP contribution is -2.40. The molecule has 1 atom stereocenters. The first kappa shape index (κ1) is 27.7. The lowest BCUT2D eigenvalue weighted by molar-refractivity contribution is -0.139. The van der Waals surface area contributed by atoms with E-state index in [1.54, 1.807) is 0 Å². The van der Waals surface area contributed by atoms with Crippen LogP contribution in [0.1, 0.15) is 30.0 Å². The molecular formula is C25H20ClF4NO6S. The molecule has 0 aliphatic heterocycles. The highest BCUT2D eigenvalue weighted by molar-refractivity contribution is 7.89. The fraction of sp³-hybridized carbons (Fsp3) is 0.240. The summed E-state index contributed by atoms with van der Waals surface area (Å²) in [5, 5.41) is 8.74. The highest BCUT2D eigenvalue weighted by Crippen LogP contribution is 2.42. The standard InChI is InChI=1S/C25H20ClF4NO6S/c26-18-11-14(27)7-9-22(18)37-23-10-8-15(12-19(23)28)38(34,35)31(25(29)30)20-5-1-4-17-16(20)3-2-6-21(17)36-13-24(32)33/h2-3,6-12,20,25H,1,4-5,13H2,(H,32,33)/t20-/m1/s1. The van der Waals surface area contributed by atoms with Gasteiger partial charge in [0.15, 0.2) is 18.2 Å². The van der Waals surface area contributed by atoms with Gasteiger partial charge in [-0.25, -0.2) is 22.0 Å². The van der Waals surface area contributed by atoms with Crippen molar-refractivity contribution in [3.63, 3.8) is 0 Å². The van der Waals surface area contributed by atoms with E-state index in [9.17, 15) is 30.8 Å². The Kier molecular flexibility index (Phi) is 8.14. The summed E-state index contributed by atoms with van der Waals surface area (Å²) in [6.45, 7) is -4.13. The zero-order valence-corrected chi connectivity index (χ0v) is 21.0. The summed E-state index contributed by atoms with van der Waals surface area (Å²) in [6, 6.07) is 8.62. The molecule has 0 fully saturated rings. The van der Waals surface area contributed by atoms with Crippen LogP contribution in [0.15, 0.2) is 59.5 Å². The summed E-state index contributed by atoms with van der Waals surface area (Å²) in [7, 11) is -4.93. The molecule has 0 radical (unpaired) electrons. The van der Waals surface area contributed by atoms with Crippen molar-refractivity contribution in [2.45, 2.75) is 36.7 Å². The van der Waals surface area contributed by atoms with Crippen LogP contribution in [0.5, 0.6) is 17.2 Å². The molecule has 38 heavy (non-hydrogen) atoms. The van der Waals surface area contributed by atoms with Gasteiger partial charge in [0.05, 0.1) is 16.0 Å². The minimum absolute atomic E-state index is 0.0120. The predicted octanol–water partition coefficient (Wildman–Crippen LogP) is 6.16. The van der Waals surface area contributed by atoms with Crippen LogP contribution < -0.4 is 9.47 Å². The van der Waals surface area contributed by atoms with Gasteiger partial charge < -0.3 is 14.6 Å². The van der Waals surface area contributed by atoms with Gasteiger partial charge in [0, 0.05) is 0 Å². The van der Waals surface area contributed by atoms with Gasteiger partial charge in [0.2, 0.25) is 10.0 Å². The number of aliphatic carboxylic acids is 1. The first-order valence-electron chi connectivity index (χ1n) is 11.2. The number of halogens is 5. The van der Waals surface area contributed by atoms with Gasteiger partial charge in [-0.15, -0.1) is 4.31 Å². The van der Waals surface area contributed by atoms with Crippen molar-refractivity contribution >= 4 is 27.6 Å². The number of ether oxygens (including phenoxy) is 2. The number of fused-ring (bicyclic) bond motifs is 1. The Balaban J connectivity index is 1.67. The Labute approximate surface area is 220 Å². The third-order valence-corrected chi connectivity index (χ3v) is 7.99. The molecule has 1 aliphatic rings. The largest absolute Gasteiger partial charge is 0.482 e. The molecule has 0 saturated heterocycles. The fourth-order valence-electron chi connectivity index (χ4n) is 4.26. The topological polar surface area (TPSA) is 93.1 Å². The molecular weight excluding hydrogens is 554 g/mol. The van der Waals surface area contributed by atoms with E-state index in [4.69, 9.17) is 26.2 Å². The summed E-state index contributed by atoms with van der Waals surface area (Å²) < 4.78 is 94.1. The summed E-state index contributed by atoms with van der Waals surface area (Å²) in [5.41, 5.74) is 0.673. The Morgan fingerprint density at radius 2 is 1.82 bits per heavy atom. The second-order valence-electron chi connectivity index (χ2n) is 8.30. The van der Waals surface area contributed by atoms with Crippen LogP contribution in [0.4, 0.5) is 17.6 Å². The van der Waals surface area contributed by atoms with Crippen molar-refractivity contribution in [2.24, 2.45) is 0 Å². The highest BCUT2D eigenvalue weighted by atomic mass is 35.5. The molecule has 4 rings (SSSR count). The van der Waals surface area contributed by atoms with Crippen LogP contribution in [0.25, 0.3) is 0 Å². The number of sulfonamides is 1. The quantitative estimate of drug-likeness (QED) is 0.243. The molecule has 7 nitrogen and oxygen atoms in total. The fourth-order valence-corrected chi connectivity index (χ4v) is 5.97. The molecule has 0 saturated carbocycles. The monoisotopic (exact) mass is 573 g/mol. The molecule has 202 valence electrons. The van der Waals surface area contributed by atoms with E-state index in [-0.39, 0.29) is 32.8 Å². The maximum atomic E-state index is 14.8. The predicted molar refractivity (Wildman–Crippen MR) is 128 cm³/mol. The smallest absolute Gasteiger partial charge is 0.341 e. The van der Waals surface area contributed by atoms with Gasteiger partial charge in [-0.1, -0.05) is 23.7 Å². The third-order valence-electron chi connectivity index (χ3n) is 5.88. The molecule has 0 aromatic heterocycles. The van der Waals surface area contributed by atoms with Crippen LogP contribution in [-0.4, -0.2) is 37.0 Å². The zero-order chi connectivity index (χ0) is 27.6. The van der Waals surface area contributed by atoms with E-state index in [2.05, 4.69) is 0 Å². The van der Waals surface area contributed by atoms with E-state index >= 15 is 0 Å². The highest BCUT2D eigenvalue weighted by Gasteiger charge is 2.41. The molecule has 3 aromatic rings. The molecule has 0 amide bonds. The maximum absolute atomic E-state index is 14.8. The summed E-state index contributed by atoms with van der Waals surface area (Å²) in [5.74, 6) is -3.45. The van der Waals surface area contributed by atoms with Gasteiger partial charge >= 0.3 is 12.5 Å². The normalized spacial score (nSPS) is 15.4. The van der Waals surface area contributed by atoms with Crippen LogP contribution in [0, 0.1) is 11.6 Å². The molecule has 0 heterocycles. The average Bonchev–Trinajstić information content (AvgIpc) is 2.85. The van der Waals surface area contributed by atoms with Crippen molar-refractivity contribution in [1.82, 2.24) is 4.31 Å². The lowest BCUT2D eigenvalue weighted by Gasteiger charge is -2.35. The van der Waals surface area contributed by atoms with Gasteiger partial charge in [-0.3, -0.25) is 0 Å². The molecule has 0 unspecified atom stereocenters. The number of carboxylic acids is 1. The van der Waals surface area contributed by atoms with Crippen molar-refractivity contribution in [1.29, 1.82) is 0 Å². The lowest BCUT2D eigenvalue weighted by atomic mass is 9.87. The Morgan fingerprint density at radius 1 is 1.08 bits per heavy atom. The van der Waals surface area contributed by atoms with E-state index < -0.39 is 57.5 Å². The minimum Gasteiger partial charge on any atom is -0.482 e. The number of carboxylic acid groups (broad SMARTS) is 1.